The van der Waals surface area contributed by atoms with Crippen molar-refractivity contribution in [2.45, 2.75) is 32.5 Å². The van der Waals surface area contributed by atoms with Crippen molar-refractivity contribution in [2.24, 2.45) is 0 Å². The summed E-state index contributed by atoms with van der Waals surface area (Å²) in [7, 11) is 2.67. The number of carbonyl (C=O) groups is 2. The van der Waals surface area contributed by atoms with Crippen LogP contribution in [0.4, 0.5) is 0 Å². The van der Waals surface area contributed by atoms with Crippen molar-refractivity contribution in [2.75, 3.05) is 20.8 Å². The smallest absolute Gasteiger partial charge is 0.198 e. The number of benzene rings is 2. The zero-order chi connectivity index (χ0) is 22.9. The van der Waals surface area contributed by atoms with Crippen molar-refractivity contribution < 1.29 is 34.0 Å². The van der Waals surface area contributed by atoms with E-state index < -0.39 is 23.8 Å². The molecule has 164 valence electrons. The first-order valence-electron chi connectivity index (χ1n) is 9.94. The van der Waals surface area contributed by atoms with Crippen molar-refractivity contribution in [3.63, 3.8) is 0 Å². The Morgan fingerprint density at radius 3 is 1.94 bits per heavy atom. The largest absolute Gasteiger partial charge is 0.495 e. The molecule has 0 radical (unpaired) electrons. The van der Waals surface area contributed by atoms with Crippen LogP contribution >= 0.6 is 0 Å². The van der Waals surface area contributed by atoms with Crippen LogP contribution in [0.2, 0.25) is 0 Å². The van der Waals surface area contributed by atoms with Gasteiger partial charge in [0.2, 0.25) is 0 Å². The Kier molecular flexibility index (Phi) is 6.48. The number of aliphatic hydroxyl groups excluding tert-OH is 2. The molecule has 0 bridgehead atoms. The van der Waals surface area contributed by atoms with Gasteiger partial charge in [-0.05, 0) is 18.9 Å². The molecule has 2 atom stereocenters. The normalized spacial score (nSPS) is 14.4. The predicted molar refractivity (Wildman–Crippen MR) is 114 cm³/mol. The lowest BCUT2D eigenvalue weighted by Gasteiger charge is -2.29. The highest BCUT2D eigenvalue weighted by Gasteiger charge is 2.41. The lowest BCUT2D eigenvalue weighted by Crippen LogP contribution is -2.26. The van der Waals surface area contributed by atoms with E-state index in [0.717, 1.165) is 5.57 Å². The SMILES string of the molecule is C=C(CC)COc1c(OC)c2c(c(OC)c1C(O)C(C)O)C(=O)c1ccccc1C2=O. The van der Waals surface area contributed by atoms with Gasteiger partial charge in [-0.15, -0.1) is 0 Å². The molecule has 1 aliphatic carbocycles. The lowest BCUT2D eigenvalue weighted by atomic mass is 9.80. The molecule has 2 aromatic rings. The Bertz CT molecular complexity index is 1050. The van der Waals surface area contributed by atoms with E-state index >= 15 is 0 Å². The van der Waals surface area contributed by atoms with E-state index in [2.05, 4.69) is 6.58 Å². The average molecular weight is 426 g/mol. The second-order valence-corrected chi connectivity index (χ2v) is 7.34. The minimum atomic E-state index is -1.46. The monoisotopic (exact) mass is 426 g/mol. The third-order valence-electron chi connectivity index (χ3n) is 5.35. The van der Waals surface area contributed by atoms with Crippen molar-refractivity contribution >= 4 is 11.6 Å². The molecule has 0 heterocycles. The Morgan fingerprint density at radius 1 is 0.968 bits per heavy atom. The van der Waals surface area contributed by atoms with Crippen molar-refractivity contribution in [1.82, 2.24) is 0 Å². The van der Waals surface area contributed by atoms with E-state index in [1.54, 1.807) is 24.3 Å². The zero-order valence-corrected chi connectivity index (χ0v) is 18.0. The first kappa shape index (κ1) is 22.5. The van der Waals surface area contributed by atoms with Gasteiger partial charge in [0.25, 0.3) is 0 Å². The molecule has 0 amide bonds. The highest BCUT2D eigenvalue weighted by atomic mass is 16.5. The molecule has 0 fully saturated rings. The highest BCUT2D eigenvalue weighted by Crippen LogP contribution is 2.50. The van der Waals surface area contributed by atoms with E-state index in [0.29, 0.717) is 6.42 Å². The molecule has 2 unspecified atom stereocenters. The first-order chi connectivity index (χ1) is 14.8. The molecule has 7 heteroatoms. The summed E-state index contributed by atoms with van der Waals surface area (Å²) in [4.78, 5) is 26.8. The van der Waals surface area contributed by atoms with E-state index in [4.69, 9.17) is 14.2 Å². The third-order valence-corrected chi connectivity index (χ3v) is 5.35. The second-order valence-electron chi connectivity index (χ2n) is 7.34. The van der Waals surface area contributed by atoms with Crippen LogP contribution in [0.1, 0.15) is 63.8 Å². The molecule has 2 N–H and O–H groups in total. The third kappa shape index (κ3) is 3.71. The zero-order valence-electron chi connectivity index (χ0n) is 18.0. The minimum Gasteiger partial charge on any atom is -0.495 e. The molecule has 2 aromatic carbocycles. The van der Waals surface area contributed by atoms with Gasteiger partial charge < -0.3 is 24.4 Å². The number of fused-ring (bicyclic) bond motifs is 2. The van der Waals surface area contributed by atoms with E-state index in [-0.39, 0.29) is 51.7 Å². The van der Waals surface area contributed by atoms with Crippen LogP contribution in [-0.2, 0) is 0 Å². The number of hydrogen-bond donors (Lipinski definition) is 2. The number of hydrogen-bond acceptors (Lipinski definition) is 7. The summed E-state index contributed by atoms with van der Waals surface area (Å²) in [5, 5.41) is 20.9. The molecule has 7 nitrogen and oxygen atoms in total. The van der Waals surface area contributed by atoms with E-state index in [1.165, 1.54) is 21.1 Å². The van der Waals surface area contributed by atoms with Crippen molar-refractivity contribution in [3.8, 4) is 17.2 Å². The number of ketones is 2. The molecule has 31 heavy (non-hydrogen) atoms. The Hall–Kier alpha value is -3.16. The van der Waals surface area contributed by atoms with Gasteiger partial charge in [-0.3, -0.25) is 9.59 Å². The van der Waals surface area contributed by atoms with E-state index in [1.807, 2.05) is 6.92 Å². The molecule has 1 aliphatic rings. The maximum absolute atomic E-state index is 13.4. The molecular formula is C24H26O7. The van der Waals surface area contributed by atoms with Gasteiger partial charge in [-0.2, -0.15) is 0 Å². The predicted octanol–water partition coefficient (Wildman–Crippen LogP) is 3.24. The summed E-state index contributed by atoms with van der Waals surface area (Å²) in [5.41, 5.74) is 1.25. The van der Waals surface area contributed by atoms with Crippen LogP contribution in [0, 0.1) is 0 Å². The quantitative estimate of drug-likeness (QED) is 0.533. The summed E-state index contributed by atoms with van der Waals surface area (Å²) < 4.78 is 17.0. The van der Waals surface area contributed by atoms with Crippen molar-refractivity contribution in [3.05, 3.63) is 64.2 Å². The first-order valence-corrected chi connectivity index (χ1v) is 9.94. The minimum absolute atomic E-state index is 0.00158. The number of carbonyl (C=O) groups excluding carboxylic acids is 2. The molecular weight excluding hydrogens is 400 g/mol. The topological polar surface area (TPSA) is 102 Å². The van der Waals surface area contributed by atoms with Gasteiger partial charge in [-0.25, -0.2) is 0 Å². The number of ether oxygens (including phenoxy) is 3. The average Bonchev–Trinajstić information content (AvgIpc) is 2.78. The molecule has 0 saturated heterocycles. The second kappa shape index (κ2) is 8.91. The summed E-state index contributed by atoms with van der Waals surface area (Å²) in [6.07, 6.45) is -2.02. The fraction of sp³-hybridized carbons (Fsp3) is 0.333. The van der Waals surface area contributed by atoms with E-state index in [9.17, 15) is 19.8 Å². The number of aliphatic hydroxyl groups is 2. The van der Waals surface area contributed by atoms with Gasteiger partial charge in [0.05, 0.1) is 37.0 Å². The fourth-order valence-electron chi connectivity index (χ4n) is 3.62. The van der Waals surface area contributed by atoms with Gasteiger partial charge in [0.15, 0.2) is 23.1 Å². The summed E-state index contributed by atoms with van der Waals surface area (Å²) >= 11 is 0. The molecule has 0 spiro atoms. The summed E-state index contributed by atoms with van der Waals surface area (Å²) in [6, 6.07) is 6.47. The van der Waals surface area contributed by atoms with Crippen LogP contribution in [-0.4, -0.2) is 48.7 Å². The Labute approximate surface area is 180 Å². The molecule has 0 aliphatic heterocycles. The molecule has 3 rings (SSSR count). The van der Waals surface area contributed by atoms with Crippen LogP contribution in [0.25, 0.3) is 0 Å². The van der Waals surface area contributed by atoms with Crippen LogP contribution in [0.15, 0.2) is 36.4 Å². The van der Waals surface area contributed by atoms with Crippen molar-refractivity contribution in [1.29, 1.82) is 0 Å². The Morgan fingerprint density at radius 2 is 1.48 bits per heavy atom. The summed E-state index contributed by atoms with van der Waals surface area (Å²) in [6.45, 7) is 7.31. The maximum atomic E-state index is 13.4. The van der Waals surface area contributed by atoms with Crippen LogP contribution in [0.5, 0.6) is 17.2 Å². The van der Waals surface area contributed by atoms with Crippen LogP contribution < -0.4 is 14.2 Å². The van der Waals surface area contributed by atoms with Gasteiger partial charge >= 0.3 is 0 Å². The lowest BCUT2D eigenvalue weighted by molar-refractivity contribution is 0.0269. The number of methoxy groups -OCH3 is 2. The Balaban J connectivity index is 2.40. The van der Waals surface area contributed by atoms with Gasteiger partial charge in [0, 0.05) is 11.1 Å². The highest BCUT2D eigenvalue weighted by molar-refractivity contribution is 6.30. The standard InChI is InChI=1S/C24H26O7/c1-6-12(2)11-31-24-18(19(26)13(3)25)22(29-4)16-17(23(24)30-5)21(28)15-10-8-7-9-14(15)20(16)27/h7-10,13,19,25-26H,2,6,11H2,1,3-5H3. The van der Waals surface area contributed by atoms with Gasteiger partial charge in [0.1, 0.15) is 18.5 Å². The summed E-state index contributed by atoms with van der Waals surface area (Å²) in [5.74, 6) is -0.862. The number of rotatable bonds is 8. The molecule has 0 aromatic heterocycles. The maximum Gasteiger partial charge on any atom is 0.198 e. The molecule has 0 saturated carbocycles. The van der Waals surface area contributed by atoms with Crippen LogP contribution in [0.3, 0.4) is 0 Å². The fourth-order valence-corrected chi connectivity index (χ4v) is 3.62. The van der Waals surface area contributed by atoms with Gasteiger partial charge in [-0.1, -0.05) is 37.8 Å².